The lowest BCUT2D eigenvalue weighted by Crippen LogP contribution is -2.67. The van der Waals surface area contributed by atoms with Crippen LogP contribution in [0.4, 0.5) is 0 Å². The quantitative estimate of drug-likeness (QED) is 0.0917. The number of nitrogens with one attached hydrogen (secondary N) is 3. The van der Waals surface area contributed by atoms with Crippen molar-refractivity contribution in [1.82, 2.24) is 16.0 Å². The number of nitrogens with two attached hydrogens (primary N) is 2. The molecule has 2 heterocycles. The number of hydrogen-bond acceptors (Lipinski definition) is 13. The van der Waals surface area contributed by atoms with Gasteiger partial charge in [0, 0.05) is 25.0 Å². The number of ether oxygens (including phenoxy) is 4. The molecule has 12 atom stereocenters. The smallest absolute Gasteiger partial charge is 0.249 e. The number of rotatable bonds is 14. The Morgan fingerprint density at radius 3 is 2.45 bits per heavy atom. The Kier molecular flexibility index (Phi) is 12.5. The molecule has 2 aliphatic heterocycles. The van der Waals surface area contributed by atoms with Crippen molar-refractivity contribution in [3.63, 3.8) is 0 Å². The van der Waals surface area contributed by atoms with E-state index in [9.17, 15) is 25.2 Å². The van der Waals surface area contributed by atoms with Crippen molar-refractivity contribution in [2.45, 2.75) is 125 Å². The van der Waals surface area contributed by atoms with Gasteiger partial charge in [0.05, 0.1) is 30.9 Å². The van der Waals surface area contributed by atoms with Gasteiger partial charge in [-0.15, -0.1) is 0 Å². The second kappa shape index (κ2) is 15.6. The lowest BCUT2D eigenvalue weighted by Gasteiger charge is -2.46. The van der Waals surface area contributed by atoms with E-state index in [4.69, 9.17) is 30.4 Å². The van der Waals surface area contributed by atoms with Crippen LogP contribution in [0.1, 0.15) is 45.4 Å². The van der Waals surface area contributed by atoms with Gasteiger partial charge in [-0.05, 0) is 45.2 Å². The maximum Gasteiger partial charge on any atom is 0.249 e. The molecule has 0 aromatic rings. The van der Waals surface area contributed by atoms with Crippen molar-refractivity contribution in [3.8, 4) is 0 Å². The average molecular weight is 602 g/mol. The Bertz CT molecular complexity index is 881. The van der Waals surface area contributed by atoms with E-state index in [1.807, 2.05) is 26.1 Å². The molecule has 242 valence electrons. The minimum absolute atomic E-state index is 0.126. The zero-order valence-electron chi connectivity index (χ0n) is 24.6. The molecule has 0 spiro atoms. The van der Waals surface area contributed by atoms with Gasteiger partial charge in [0.15, 0.2) is 12.6 Å². The number of amides is 1. The molecule has 14 heteroatoms. The maximum atomic E-state index is 12.6. The van der Waals surface area contributed by atoms with Gasteiger partial charge in [-0.1, -0.05) is 25.5 Å². The van der Waals surface area contributed by atoms with E-state index in [2.05, 4.69) is 16.0 Å². The van der Waals surface area contributed by atoms with E-state index in [-0.39, 0.29) is 32.0 Å². The molecule has 3 fully saturated rings. The first-order valence-electron chi connectivity index (χ1n) is 15.3. The predicted octanol–water partition coefficient (Wildman–Crippen LogP) is -2.84. The molecule has 2 saturated carbocycles. The Morgan fingerprint density at radius 1 is 1.05 bits per heavy atom. The molecule has 4 rings (SSSR count). The van der Waals surface area contributed by atoms with Crippen molar-refractivity contribution < 1.29 is 44.2 Å². The molecular weight excluding hydrogens is 550 g/mol. The number of carbonyl (C=O) groups is 1. The monoisotopic (exact) mass is 601 g/mol. The summed E-state index contributed by atoms with van der Waals surface area (Å²) in [5.41, 5.74) is 12.9. The van der Waals surface area contributed by atoms with Crippen LogP contribution >= 0.6 is 0 Å². The minimum Gasteiger partial charge on any atom is -0.394 e. The van der Waals surface area contributed by atoms with Crippen LogP contribution in [0.15, 0.2) is 12.2 Å². The molecule has 11 N–H and O–H groups in total. The minimum atomic E-state index is -1.33. The fraction of sp³-hybridized carbons (Fsp3) is 0.893. The maximum absolute atomic E-state index is 12.6. The van der Waals surface area contributed by atoms with Crippen LogP contribution in [0.3, 0.4) is 0 Å². The molecule has 12 unspecified atom stereocenters. The van der Waals surface area contributed by atoms with Crippen LogP contribution in [0.25, 0.3) is 0 Å². The van der Waals surface area contributed by atoms with Gasteiger partial charge < -0.3 is 66.8 Å². The van der Waals surface area contributed by atoms with Crippen molar-refractivity contribution in [2.75, 3.05) is 26.7 Å². The number of hydrogen-bond donors (Lipinski definition) is 9. The Labute approximate surface area is 247 Å². The SMILES string of the molecule is CCCC(O)C(=O)NC1CC(N)C(OC2OC(CNCC3CC(NC)C3)C=CC2N)C(OC2OC(CO)CC2O)C1O. The fourth-order valence-corrected chi connectivity index (χ4v) is 6.12. The Hall–Kier alpha value is -1.27. The van der Waals surface area contributed by atoms with E-state index in [1.54, 1.807) is 0 Å². The molecule has 2 aliphatic carbocycles. The lowest BCUT2D eigenvalue weighted by atomic mass is 9.80. The number of aliphatic hydroxyl groups excluding tert-OH is 4. The number of aliphatic hydroxyl groups is 4. The number of carbonyl (C=O) groups excluding carboxylic acids is 1. The van der Waals surface area contributed by atoms with Gasteiger partial charge in [-0.3, -0.25) is 4.79 Å². The van der Waals surface area contributed by atoms with Gasteiger partial charge in [0.25, 0.3) is 0 Å². The van der Waals surface area contributed by atoms with Crippen molar-refractivity contribution >= 4 is 5.91 Å². The third-order valence-electron chi connectivity index (χ3n) is 8.74. The Morgan fingerprint density at radius 2 is 1.79 bits per heavy atom. The first kappa shape index (κ1) is 33.6. The van der Waals surface area contributed by atoms with Crippen molar-refractivity contribution in [2.24, 2.45) is 17.4 Å². The van der Waals surface area contributed by atoms with E-state index >= 15 is 0 Å². The average Bonchev–Trinajstić information content (AvgIpc) is 3.30. The highest BCUT2D eigenvalue weighted by molar-refractivity contribution is 5.80. The van der Waals surface area contributed by atoms with Crippen LogP contribution in [0.2, 0.25) is 0 Å². The first-order valence-corrected chi connectivity index (χ1v) is 15.3. The lowest BCUT2D eigenvalue weighted by molar-refractivity contribution is -0.279. The van der Waals surface area contributed by atoms with Gasteiger partial charge in [-0.2, -0.15) is 0 Å². The second-order valence-electron chi connectivity index (χ2n) is 12.1. The summed E-state index contributed by atoms with van der Waals surface area (Å²) in [6.45, 7) is 3.00. The third kappa shape index (κ3) is 8.46. The van der Waals surface area contributed by atoms with E-state index < -0.39 is 73.2 Å². The van der Waals surface area contributed by atoms with Crippen molar-refractivity contribution in [1.29, 1.82) is 0 Å². The third-order valence-corrected chi connectivity index (χ3v) is 8.74. The summed E-state index contributed by atoms with van der Waals surface area (Å²) in [7, 11) is 1.98. The molecule has 0 radical (unpaired) electrons. The summed E-state index contributed by atoms with van der Waals surface area (Å²) >= 11 is 0. The van der Waals surface area contributed by atoms with E-state index in [1.165, 1.54) is 0 Å². The summed E-state index contributed by atoms with van der Waals surface area (Å²) in [5, 5.41) is 50.9. The molecule has 1 amide bonds. The standard InChI is InChI=1S/C28H51N5O9/c1-3-4-21(35)26(38)33-20-10-19(30)24(25(23(20)37)42-28-22(36)9-17(13-34)40-28)41-27-18(29)6-5-16(39-27)12-32-11-14-7-15(8-14)31-2/h5-6,14-25,27-28,31-32,34-37H,3-4,7-13,29-30H2,1-2H3,(H,33,38). The second-order valence-corrected chi connectivity index (χ2v) is 12.1. The molecule has 0 bridgehead atoms. The van der Waals surface area contributed by atoms with Gasteiger partial charge in [-0.25, -0.2) is 0 Å². The van der Waals surface area contributed by atoms with Crippen LogP contribution in [-0.4, -0.2) is 133 Å². The molecule has 0 aromatic carbocycles. The Balaban J connectivity index is 1.41. The largest absolute Gasteiger partial charge is 0.394 e. The van der Waals surface area contributed by atoms with Crippen LogP contribution in [0.5, 0.6) is 0 Å². The topological polar surface area (TPSA) is 223 Å². The van der Waals surface area contributed by atoms with Crippen LogP contribution in [-0.2, 0) is 23.7 Å². The van der Waals surface area contributed by atoms with Crippen LogP contribution in [0, 0.1) is 5.92 Å². The highest BCUT2D eigenvalue weighted by Gasteiger charge is 2.50. The molecule has 0 aromatic heterocycles. The zero-order valence-corrected chi connectivity index (χ0v) is 24.6. The summed E-state index contributed by atoms with van der Waals surface area (Å²) in [4.78, 5) is 12.6. The summed E-state index contributed by atoms with van der Waals surface area (Å²) < 4.78 is 24.2. The molecular formula is C28H51N5O9. The van der Waals surface area contributed by atoms with Crippen molar-refractivity contribution in [3.05, 3.63) is 12.2 Å². The summed E-state index contributed by atoms with van der Waals surface area (Å²) in [6.07, 6.45) is -1.54. The fourth-order valence-electron chi connectivity index (χ4n) is 6.12. The molecule has 42 heavy (non-hydrogen) atoms. The molecule has 14 nitrogen and oxygen atoms in total. The van der Waals surface area contributed by atoms with Crippen LogP contribution < -0.4 is 27.4 Å². The highest BCUT2D eigenvalue weighted by atomic mass is 16.7. The van der Waals surface area contributed by atoms with Gasteiger partial charge in [0.1, 0.15) is 30.5 Å². The summed E-state index contributed by atoms with van der Waals surface area (Å²) in [5.74, 6) is 0.00396. The first-order chi connectivity index (χ1) is 20.1. The van der Waals surface area contributed by atoms with Gasteiger partial charge in [0.2, 0.25) is 5.91 Å². The molecule has 1 saturated heterocycles. The predicted molar refractivity (Wildman–Crippen MR) is 152 cm³/mol. The highest BCUT2D eigenvalue weighted by Crippen LogP contribution is 2.32. The van der Waals surface area contributed by atoms with E-state index in [0.717, 1.165) is 19.4 Å². The normalized spacial score (nSPS) is 42.7. The summed E-state index contributed by atoms with van der Waals surface area (Å²) in [6, 6.07) is -1.62. The van der Waals surface area contributed by atoms with E-state index in [0.29, 0.717) is 24.9 Å². The van der Waals surface area contributed by atoms with Gasteiger partial charge >= 0.3 is 0 Å². The zero-order chi connectivity index (χ0) is 30.4. The molecule has 4 aliphatic rings.